The number of nitrogens with one attached hydrogen (secondary N) is 1. The van der Waals surface area contributed by atoms with E-state index in [-0.39, 0.29) is 20.6 Å². The van der Waals surface area contributed by atoms with Crippen LogP contribution >= 0.6 is 0 Å². The number of sulfonamides is 1. The van der Waals surface area contributed by atoms with E-state index < -0.39 is 25.8 Å². The average Bonchev–Trinajstić information content (AvgIpc) is 3.31. The Bertz CT molecular complexity index is 1390. The SMILES string of the molecule is Cc1ccc(S(=O)(=O)c2ccc(C(=O)Nc3ccc(S(=O)(=O)N4CCCC(C)C4)cc3)o2)cc1. The Balaban J connectivity index is 1.46. The van der Waals surface area contributed by atoms with Gasteiger partial charge in [0.1, 0.15) is 0 Å². The maximum absolute atomic E-state index is 12.9. The van der Waals surface area contributed by atoms with E-state index >= 15 is 0 Å². The normalized spacial score (nSPS) is 17.4. The summed E-state index contributed by atoms with van der Waals surface area (Å²) in [6.07, 6.45) is 1.84. The largest absolute Gasteiger partial charge is 0.439 e. The summed E-state index contributed by atoms with van der Waals surface area (Å²) in [5.74, 6) is -0.509. The van der Waals surface area contributed by atoms with Crippen molar-refractivity contribution in [3.63, 3.8) is 0 Å². The molecular weight excluding hydrogens is 476 g/mol. The van der Waals surface area contributed by atoms with Crippen molar-refractivity contribution in [1.82, 2.24) is 4.31 Å². The molecule has 180 valence electrons. The van der Waals surface area contributed by atoms with Crippen molar-refractivity contribution in [2.24, 2.45) is 5.92 Å². The van der Waals surface area contributed by atoms with Gasteiger partial charge in [0.05, 0.1) is 9.79 Å². The third-order valence-electron chi connectivity index (χ3n) is 5.77. The number of hydrogen-bond donors (Lipinski definition) is 1. The fourth-order valence-electron chi connectivity index (χ4n) is 3.84. The topological polar surface area (TPSA) is 114 Å². The van der Waals surface area contributed by atoms with Crippen molar-refractivity contribution in [1.29, 1.82) is 0 Å². The highest BCUT2D eigenvalue weighted by atomic mass is 32.2. The van der Waals surface area contributed by atoms with E-state index in [9.17, 15) is 21.6 Å². The molecule has 34 heavy (non-hydrogen) atoms. The van der Waals surface area contributed by atoms with Crippen molar-refractivity contribution in [2.45, 2.75) is 41.6 Å². The Labute approximate surface area is 199 Å². The fourth-order valence-corrected chi connectivity index (χ4v) is 6.61. The number of anilines is 1. The van der Waals surface area contributed by atoms with Crippen LogP contribution in [0.25, 0.3) is 0 Å². The molecule has 1 amide bonds. The van der Waals surface area contributed by atoms with Gasteiger partial charge in [-0.3, -0.25) is 4.79 Å². The van der Waals surface area contributed by atoms with Crippen LogP contribution in [0.5, 0.6) is 0 Å². The summed E-state index contributed by atoms with van der Waals surface area (Å²) in [7, 11) is -7.50. The second-order valence-corrected chi connectivity index (χ2v) is 12.3. The van der Waals surface area contributed by atoms with Gasteiger partial charge in [-0.15, -0.1) is 0 Å². The maximum atomic E-state index is 12.9. The number of furan rings is 1. The van der Waals surface area contributed by atoms with Gasteiger partial charge in [0, 0.05) is 18.8 Å². The van der Waals surface area contributed by atoms with Crippen LogP contribution in [0.3, 0.4) is 0 Å². The molecule has 1 aromatic heterocycles. The van der Waals surface area contributed by atoms with Gasteiger partial charge >= 0.3 is 0 Å². The number of nitrogens with zero attached hydrogens (tertiary/aromatic N) is 1. The van der Waals surface area contributed by atoms with Crippen molar-refractivity contribution in [3.8, 4) is 0 Å². The molecule has 2 aromatic carbocycles. The number of hydrogen-bond acceptors (Lipinski definition) is 6. The molecule has 1 N–H and O–H groups in total. The molecule has 10 heteroatoms. The summed E-state index contributed by atoms with van der Waals surface area (Å²) in [5, 5.41) is 2.27. The lowest BCUT2D eigenvalue weighted by molar-refractivity contribution is 0.0991. The number of rotatable bonds is 6. The van der Waals surface area contributed by atoms with Crippen LogP contribution < -0.4 is 5.32 Å². The smallest absolute Gasteiger partial charge is 0.291 e. The monoisotopic (exact) mass is 502 g/mol. The lowest BCUT2D eigenvalue weighted by Crippen LogP contribution is -2.39. The Kier molecular flexibility index (Phi) is 6.66. The number of carbonyl (C=O) groups excluding carboxylic acids is 1. The van der Waals surface area contributed by atoms with E-state index in [0.29, 0.717) is 24.7 Å². The molecule has 0 bridgehead atoms. The van der Waals surface area contributed by atoms with Gasteiger partial charge in [-0.25, -0.2) is 16.8 Å². The van der Waals surface area contributed by atoms with Crippen molar-refractivity contribution in [2.75, 3.05) is 18.4 Å². The Morgan fingerprint density at radius 2 is 1.59 bits per heavy atom. The lowest BCUT2D eigenvalue weighted by Gasteiger charge is -2.30. The molecule has 1 fully saturated rings. The number of sulfone groups is 1. The van der Waals surface area contributed by atoms with Crippen LogP contribution in [0.2, 0.25) is 0 Å². The first kappa shape index (κ1) is 24.2. The van der Waals surface area contributed by atoms with Gasteiger partial charge in [-0.05, 0) is 74.2 Å². The second kappa shape index (κ2) is 9.36. The molecule has 1 aliphatic rings. The maximum Gasteiger partial charge on any atom is 0.291 e. The van der Waals surface area contributed by atoms with Crippen LogP contribution in [-0.4, -0.2) is 40.1 Å². The van der Waals surface area contributed by atoms with E-state index in [1.165, 1.54) is 52.8 Å². The van der Waals surface area contributed by atoms with Gasteiger partial charge in [-0.2, -0.15) is 4.31 Å². The number of carbonyl (C=O) groups is 1. The van der Waals surface area contributed by atoms with Crippen molar-refractivity contribution in [3.05, 3.63) is 72.0 Å². The fraction of sp³-hybridized carbons (Fsp3) is 0.292. The molecule has 0 saturated carbocycles. The first-order valence-electron chi connectivity index (χ1n) is 10.9. The van der Waals surface area contributed by atoms with Gasteiger partial charge in [0.2, 0.25) is 25.0 Å². The van der Waals surface area contributed by atoms with Crippen molar-refractivity contribution < 1.29 is 26.0 Å². The number of amides is 1. The molecule has 0 radical (unpaired) electrons. The molecule has 0 aliphatic carbocycles. The summed E-state index contributed by atoms with van der Waals surface area (Å²) in [4.78, 5) is 12.8. The number of aryl methyl sites for hydroxylation is 1. The van der Waals surface area contributed by atoms with E-state index in [4.69, 9.17) is 4.42 Å². The third-order valence-corrected chi connectivity index (χ3v) is 9.29. The minimum Gasteiger partial charge on any atom is -0.439 e. The van der Waals surface area contributed by atoms with E-state index in [0.717, 1.165) is 18.4 Å². The highest BCUT2D eigenvalue weighted by molar-refractivity contribution is 7.91. The first-order chi connectivity index (χ1) is 16.1. The van der Waals surface area contributed by atoms with Crippen LogP contribution in [0.1, 0.15) is 35.9 Å². The zero-order valence-corrected chi connectivity index (χ0v) is 20.5. The summed E-state index contributed by atoms with van der Waals surface area (Å²) in [5.41, 5.74) is 1.28. The summed E-state index contributed by atoms with van der Waals surface area (Å²) in [6, 6.07) is 14.7. The van der Waals surface area contributed by atoms with Crippen LogP contribution in [0.4, 0.5) is 5.69 Å². The van der Waals surface area contributed by atoms with Gasteiger partial charge in [0.25, 0.3) is 5.91 Å². The highest BCUT2D eigenvalue weighted by Gasteiger charge is 2.29. The number of benzene rings is 2. The molecule has 1 saturated heterocycles. The van der Waals surface area contributed by atoms with Crippen LogP contribution in [0, 0.1) is 12.8 Å². The molecule has 4 rings (SSSR count). The molecular formula is C24H26N2O6S2. The van der Waals surface area contributed by atoms with E-state index in [2.05, 4.69) is 5.32 Å². The minimum atomic E-state index is -3.90. The summed E-state index contributed by atoms with van der Waals surface area (Å²) >= 11 is 0. The van der Waals surface area contributed by atoms with Crippen LogP contribution in [-0.2, 0) is 19.9 Å². The number of piperidine rings is 1. The van der Waals surface area contributed by atoms with Crippen LogP contribution in [0.15, 0.2) is 80.0 Å². The third kappa shape index (κ3) is 4.94. The molecule has 0 spiro atoms. The van der Waals surface area contributed by atoms with Gasteiger partial charge in [0.15, 0.2) is 5.76 Å². The Morgan fingerprint density at radius 3 is 2.24 bits per heavy atom. The van der Waals surface area contributed by atoms with Gasteiger partial charge < -0.3 is 9.73 Å². The van der Waals surface area contributed by atoms with E-state index in [1.807, 2.05) is 13.8 Å². The Morgan fingerprint density at radius 1 is 0.941 bits per heavy atom. The van der Waals surface area contributed by atoms with Crippen molar-refractivity contribution >= 4 is 31.5 Å². The zero-order valence-electron chi connectivity index (χ0n) is 18.9. The second-order valence-electron chi connectivity index (χ2n) is 8.52. The molecule has 1 atom stereocenters. The summed E-state index contributed by atoms with van der Waals surface area (Å²) in [6.45, 7) is 4.87. The minimum absolute atomic E-state index is 0.0688. The van der Waals surface area contributed by atoms with Gasteiger partial charge in [-0.1, -0.05) is 24.6 Å². The first-order valence-corrected chi connectivity index (χ1v) is 13.8. The standard InChI is InChI=1S/C24H26N2O6S2/c1-17-5-9-20(10-6-17)33(28,29)23-14-13-22(32-23)24(27)25-19-7-11-21(12-8-19)34(30,31)26-15-3-4-18(2)16-26/h5-14,18H,3-4,15-16H2,1-2H3,(H,25,27). The van der Waals surface area contributed by atoms with E-state index in [1.54, 1.807) is 12.1 Å². The molecule has 1 unspecified atom stereocenters. The Hall–Kier alpha value is -2.95. The quantitative estimate of drug-likeness (QED) is 0.543. The molecule has 1 aliphatic heterocycles. The lowest BCUT2D eigenvalue weighted by atomic mass is 10.0. The predicted octanol–water partition coefficient (Wildman–Crippen LogP) is 4.09. The summed E-state index contributed by atoms with van der Waals surface area (Å²) < 4.78 is 58.1. The zero-order chi connectivity index (χ0) is 24.5. The highest BCUT2D eigenvalue weighted by Crippen LogP contribution is 2.26. The molecule has 3 aromatic rings. The molecule has 8 nitrogen and oxygen atoms in total. The predicted molar refractivity (Wildman–Crippen MR) is 127 cm³/mol. The average molecular weight is 503 g/mol. The molecule has 2 heterocycles.